The molecular weight excluding hydrogens is 258 g/mol. The fourth-order valence-electron chi connectivity index (χ4n) is 3.01. The van der Waals surface area contributed by atoms with Gasteiger partial charge in [0.05, 0.1) is 11.8 Å². The molecule has 0 bridgehead atoms. The quantitative estimate of drug-likeness (QED) is 0.917. The van der Waals surface area contributed by atoms with Gasteiger partial charge in [0.2, 0.25) is 5.89 Å². The average Bonchev–Trinajstić information content (AvgIpc) is 3.08. The normalized spacial score (nSPS) is 28.9. The molecule has 1 saturated carbocycles. The highest BCUT2D eigenvalue weighted by Gasteiger charge is 2.25. The van der Waals surface area contributed by atoms with Crippen molar-refractivity contribution in [1.29, 1.82) is 0 Å². The van der Waals surface area contributed by atoms with Gasteiger partial charge in [0.25, 0.3) is 0 Å². The molecule has 3 rings (SSSR count). The van der Waals surface area contributed by atoms with Crippen LogP contribution < -0.4 is 5.32 Å². The fourth-order valence-corrected chi connectivity index (χ4v) is 4.18. The molecule has 2 atom stereocenters. The topological polar surface area (TPSA) is 51.0 Å². The second-order valence-electron chi connectivity index (χ2n) is 5.90. The van der Waals surface area contributed by atoms with E-state index >= 15 is 0 Å². The number of hydrogen-bond donors (Lipinski definition) is 1. The van der Waals surface area contributed by atoms with Gasteiger partial charge < -0.3 is 9.84 Å². The Kier molecular flexibility index (Phi) is 4.43. The van der Waals surface area contributed by atoms with Gasteiger partial charge in [0.1, 0.15) is 0 Å². The van der Waals surface area contributed by atoms with Gasteiger partial charge in [-0.15, -0.1) is 0 Å². The molecule has 0 aromatic carbocycles. The SMILES string of the molecule is CC1CCNC(c2nc(CSC3CCCC3)no2)C1. The summed E-state index contributed by atoms with van der Waals surface area (Å²) in [5.74, 6) is 3.30. The maximum absolute atomic E-state index is 5.43. The number of thioether (sulfide) groups is 1. The predicted molar refractivity (Wildman–Crippen MR) is 77.0 cm³/mol. The molecular formula is C14H23N3OS. The van der Waals surface area contributed by atoms with Gasteiger partial charge in [-0.3, -0.25) is 0 Å². The van der Waals surface area contributed by atoms with Crippen LogP contribution in [0.4, 0.5) is 0 Å². The van der Waals surface area contributed by atoms with Crippen LogP contribution in [0.5, 0.6) is 0 Å². The van der Waals surface area contributed by atoms with Crippen molar-refractivity contribution in [3.8, 4) is 0 Å². The zero-order valence-electron chi connectivity index (χ0n) is 11.6. The maximum atomic E-state index is 5.43. The summed E-state index contributed by atoms with van der Waals surface area (Å²) in [6.45, 7) is 3.35. The van der Waals surface area contributed by atoms with Crippen molar-refractivity contribution in [3.63, 3.8) is 0 Å². The van der Waals surface area contributed by atoms with Gasteiger partial charge >= 0.3 is 0 Å². The van der Waals surface area contributed by atoms with Crippen LogP contribution in [0, 0.1) is 5.92 Å². The van der Waals surface area contributed by atoms with Crippen LogP contribution in [-0.2, 0) is 5.75 Å². The third kappa shape index (κ3) is 3.51. The highest BCUT2D eigenvalue weighted by atomic mass is 32.2. The van der Waals surface area contributed by atoms with Crippen molar-refractivity contribution < 1.29 is 4.52 Å². The third-order valence-electron chi connectivity index (χ3n) is 4.20. The lowest BCUT2D eigenvalue weighted by Gasteiger charge is -2.25. The van der Waals surface area contributed by atoms with Crippen molar-refractivity contribution in [2.75, 3.05) is 6.54 Å². The van der Waals surface area contributed by atoms with Crippen molar-refractivity contribution in [2.24, 2.45) is 5.92 Å². The summed E-state index contributed by atoms with van der Waals surface area (Å²) >= 11 is 1.99. The monoisotopic (exact) mass is 281 g/mol. The standard InChI is InChI=1S/C14H23N3OS/c1-10-6-7-15-12(8-10)14-16-13(17-18-14)9-19-11-4-2-3-5-11/h10-12,15H,2-9H2,1H3. The Hall–Kier alpha value is -0.550. The number of nitrogens with zero attached hydrogens (tertiary/aromatic N) is 2. The van der Waals surface area contributed by atoms with Gasteiger partial charge in [0, 0.05) is 5.25 Å². The minimum atomic E-state index is 0.265. The Bertz CT molecular complexity index is 403. The summed E-state index contributed by atoms with van der Waals surface area (Å²) in [6, 6.07) is 0.265. The van der Waals surface area contributed by atoms with E-state index in [0.717, 1.165) is 41.6 Å². The Morgan fingerprint density at radius 2 is 2.16 bits per heavy atom. The highest BCUT2D eigenvalue weighted by molar-refractivity contribution is 7.99. The first-order chi connectivity index (χ1) is 9.31. The van der Waals surface area contributed by atoms with E-state index in [-0.39, 0.29) is 6.04 Å². The molecule has 1 aliphatic heterocycles. The molecule has 1 aliphatic carbocycles. The summed E-state index contributed by atoms with van der Waals surface area (Å²) < 4.78 is 5.43. The predicted octanol–water partition coefficient (Wildman–Crippen LogP) is 3.31. The molecule has 0 amide bonds. The number of piperidine rings is 1. The molecule has 106 valence electrons. The van der Waals surface area contributed by atoms with Gasteiger partial charge in [-0.2, -0.15) is 16.7 Å². The van der Waals surface area contributed by atoms with E-state index in [1.807, 2.05) is 11.8 Å². The Morgan fingerprint density at radius 1 is 1.32 bits per heavy atom. The lowest BCUT2D eigenvalue weighted by Crippen LogP contribution is -2.30. The van der Waals surface area contributed by atoms with Crippen molar-refractivity contribution >= 4 is 11.8 Å². The smallest absolute Gasteiger partial charge is 0.243 e. The summed E-state index contributed by atoms with van der Waals surface area (Å²) in [7, 11) is 0. The second-order valence-corrected chi connectivity index (χ2v) is 7.19. The zero-order chi connectivity index (χ0) is 13.1. The van der Waals surface area contributed by atoms with Gasteiger partial charge in [0.15, 0.2) is 5.82 Å². The van der Waals surface area contributed by atoms with Crippen molar-refractivity contribution in [2.45, 2.75) is 62.5 Å². The molecule has 5 heteroatoms. The third-order valence-corrected chi connectivity index (χ3v) is 5.57. The molecule has 2 aliphatic rings. The van der Waals surface area contributed by atoms with E-state index in [2.05, 4.69) is 22.4 Å². The first-order valence-electron chi connectivity index (χ1n) is 7.48. The Morgan fingerprint density at radius 3 is 2.95 bits per heavy atom. The van der Waals surface area contributed by atoms with E-state index in [1.165, 1.54) is 32.1 Å². The van der Waals surface area contributed by atoms with Gasteiger partial charge in [-0.05, 0) is 38.1 Å². The molecule has 2 fully saturated rings. The number of rotatable bonds is 4. The van der Waals surface area contributed by atoms with Crippen LogP contribution >= 0.6 is 11.8 Å². The number of aromatic nitrogens is 2. The van der Waals surface area contributed by atoms with Crippen LogP contribution in [0.2, 0.25) is 0 Å². The largest absolute Gasteiger partial charge is 0.338 e. The highest BCUT2D eigenvalue weighted by Crippen LogP contribution is 2.31. The molecule has 2 heterocycles. The lowest BCUT2D eigenvalue weighted by atomic mass is 9.94. The first-order valence-corrected chi connectivity index (χ1v) is 8.53. The van der Waals surface area contributed by atoms with Crippen LogP contribution in [0.1, 0.15) is 63.2 Å². The van der Waals surface area contributed by atoms with Gasteiger partial charge in [-0.25, -0.2) is 0 Å². The van der Waals surface area contributed by atoms with Crippen LogP contribution in [0.15, 0.2) is 4.52 Å². The molecule has 1 aromatic rings. The molecule has 1 aromatic heterocycles. The second kappa shape index (κ2) is 6.27. The van der Waals surface area contributed by atoms with Crippen molar-refractivity contribution in [1.82, 2.24) is 15.5 Å². The molecule has 19 heavy (non-hydrogen) atoms. The number of nitrogens with one attached hydrogen (secondary N) is 1. The number of hydrogen-bond acceptors (Lipinski definition) is 5. The minimum absolute atomic E-state index is 0.265. The summed E-state index contributed by atoms with van der Waals surface area (Å²) in [5, 5.41) is 8.42. The molecule has 0 radical (unpaired) electrons. The minimum Gasteiger partial charge on any atom is -0.338 e. The van der Waals surface area contributed by atoms with E-state index in [0.29, 0.717) is 0 Å². The van der Waals surface area contributed by atoms with Crippen LogP contribution in [0.25, 0.3) is 0 Å². The molecule has 2 unspecified atom stereocenters. The van der Waals surface area contributed by atoms with E-state index in [1.54, 1.807) is 0 Å². The van der Waals surface area contributed by atoms with Crippen molar-refractivity contribution in [3.05, 3.63) is 11.7 Å². The van der Waals surface area contributed by atoms with Crippen LogP contribution in [0.3, 0.4) is 0 Å². The van der Waals surface area contributed by atoms with E-state index < -0.39 is 0 Å². The van der Waals surface area contributed by atoms with Crippen LogP contribution in [-0.4, -0.2) is 21.9 Å². The lowest BCUT2D eigenvalue weighted by molar-refractivity contribution is 0.259. The summed E-state index contributed by atoms with van der Waals surface area (Å²) in [4.78, 5) is 4.57. The molecule has 1 saturated heterocycles. The Balaban J connectivity index is 1.53. The average molecular weight is 281 g/mol. The molecule has 1 N–H and O–H groups in total. The van der Waals surface area contributed by atoms with E-state index in [9.17, 15) is 0 Å². The summed E-state index contributed by atoms with van der Waals surface area (Å²) in [6.07, 6.45) is 7.85. The molecule has 0 spiro atoms. The fraction of sp³-hybridized carbons (Fsp3) is 0.857. The first kappa shape index (κ1) is 13.4. The Labute approximate surface area is 119 Å². The maximum Gasteiger partial charge on any atom is 0.243 e. The van der Waals surface area contributed by atoms with Gasteiger partial charge in [-0.1, -0.05) is 24.9 Å². The zero-order valence-corrected chi connectivity index (χ0v) is 12.4. The molecule has 4 nitrogen and oxygen atoms in total. The van der Waals surface area contributed by atoms with E-state index in [4.69, 9.17) is 4.52 Å². The summed E-state index contributed by atoms with van der Waals surface area (Å²) in [5.41, 5.74) is 0.